The van der Waals surface area contributed by atoms with Crippen molar-refractivity contribution in [1.82, 2.24) is 4.90 Å². The highest BCUT2D eigenvalue weighted by molar-refractivity contribution is 9.10. The number of likely N-dealkylation sites (tertiary alicyclic amines) is 1. The highest BCUT2D eigenvalue weighted by atomic mass is 79.9. The Kier molecular flexibility index (Phi) is 5.07. The van der Waals surface area contributed by atoms with Gasteiger partial charge in [0.25, 0.3) is 0 Å². The molecule has 1 aromatic rings. The van der Waals surface area contributed by atoms with Gasteiger partial charge in [-0.2, -0.15) is 0 Å². The van der Waals surface area contributed by atoms with Gasteiger partial charge in [0.2, 0.25) is 0 Å². The SMILES string of the molecule is CCCN1CCC(CN)C1c1cc(Cl)ccc1Br. The highest BCUT2D eigenvalue weighted by Crippen LogP contribution is 2.40. The van der Waals surface area contributed by atoms with Crippen molar-refractivity contribution < 1.29 is 0 Å². The molecule has 0 radical (unpaired) electrons. The largest absolute Gasteiger partial charge is 0.330 e. The van der Waals surface area contributed by atoms with Crippen LogP contribution in [0.2, 0.25) is 5.02 Å². The molecule has 0 saturated carbocycles. The maximum absolute atomic E-state index is 6.14. The van der Waals surface area contributed by atoms with Crippen molar-refractivity contribution in [2.45, 2.75) is 25.8 Å². The lowest BCUT2D eigenvalue weighted by molar-refractivity contribution is 0.230. The molecule has 1 aliphatic heterocycles. The van der Waals surface area contributed by atoms with Crippen molar-refractivity contribution in [1.29, 1.82) is 0 Å². The van der Waals surface area contributed by atoms with E-state index in [1.165, 1.54) is 18.4 Å². The van der Waals surface area contributed by atoms with Gasteiger partial charge in [0.15, 0.2) is 0 Å². The first-order chi connectivity index (χ1) is 8.67. The zero-order valence-electron chi connectivity index (χ0n) is 10.7. The van der Waals surface area contributed by atoms with E-state index in [0.29, 0.717) is 12.0 Å². The van der Waals surface area contributed by atoms with Crippen molar-refractivity contribution in [3.8, 4) is 0 Å². The molecule has 0 amide bonds. The molecule has 4 heteroatoms. The van der Waals surface area contributed by atoms with Crippen LogP contribution in [0.4, 0.5) is 0 Å². The van der Waals surface area contributed by atoms with E-state index < -0.39 is 0 Å². The monoisotopic (exact) mass is 330 g/mol. The first-order valence-electron chi connectivity index (χ1n) is 6.56. The van der Waals surface area contributed by atoms with Crippen molar-refractivity contribution in [2.75, 3.05) is 19.6 Å². The number of nitrogens with two attached hydrogens (primary N) is 1. The summed E-state index contributed by atoms with van der Waals surface area (Å²) in [6, 6.07) is 6.44. The lowest BCUT2D eigenvalue weighted by atomic mass is 9.94. The summed E-state index contributed by atoms with van der Waals surface area (Å²) >= 11 is 9.79. The van der Waals surface area contributed by atoms with Crippen LogP contribution in [-0.2, 0) is 0 Å². The summed E-state index contributed by atoms with van der Waals surface area (Å²) in [5.41, 5.74) is 7.21. The molecule has 2 unspecified atom stereocenters. The number of hydrogen-bond acceptors (Lipinski definition) is 2. The van der Waals surface area contributed by atoms with E-state index in [1.54, 1.807) is 0 Å². The van der Waals surface area contributed by atoms with Gasteiger partial charge in [-0.3, -0.25) is 4.90 Å². The summed E-state index contributed by atoms with van der Waals surface area (Å²) in [5, 5.41) is 0.798. The molecule has 0 aromatic heterocycles. The zero-order valence-corrected chi connectivity index (χ0v) is 13.0. The van der Waals surface area contributed by atoms with Gasteiger partial charge in [-0.25, -0.2) is 0 Å². The van der Waals surface area contributed by atoms with E-state index in [1.807, 2.05) is 12.1 Å². The average Bonchev–Trinajstić information content (AvgIpc) is 2.75. The summed E-state index contributed by atoms with van der Waals surface area (Å²) in [5.74, 6) is 0.534. The molecular weight excluding hydrogens is 312 g/mol. The van der Waals surface area contributed by atoms with Crippen molar-refractivity contribution in [2.24, 2.45) is 11.7 Å². The minimum atomic E-state index is 0.406. The summed E-state index contributed by atoms with van der Waals surface area (Å²) in [6.07, 6.45) is 2.35. The predicted molar refractivity (Wildman–Crippen MR) is 80.9 cm³/mol. The molecule has 2 rings (SSSR count). The molecule has 0 aliphatic carbocycles. The van der Waals surface area contributed by atoms with E-state index in [9.17, 15) is 0 Å². The Labute approximate surface area is 123 Å². The normalized spacial score (nSPS) is 24.7. The molecule has 1 fully saturated rings. The fourth-order valence-electron chi connectivity index (χ4n) is 2.90. The summed E-state index contributed by atoms with van der Waals surface area (Å²) in [7, 11) is 0. The van der Waals surface area contributed by atoms with Crippen LogP contribution in [0.25, 0.3) is 0 Å². The minimum Gasteiger partial charge on any atom is -0.330 e. The average molecular weight is 332 g/mol. The van der Waals surface area contributed by atoms with Gasteiger partial charge in [0.1, 0.15) is 0 Å². The van der Waals surface area contributed by atoms with Crippen LogP contribution < -0.4 is 5.73 Å². The second-order valence-electron chi connectivity index (χ2n) is 4.93. The predicted octanol–water partition coefficient (Wildman–Crippen LogP) is 3.83. The van der Waals surface area contributed by atoms with Crippen LogP contribution >= 0.6 is 27.5 Å². The number of halogens is 2. The molecule has 1 aromatic carbocycles. The van der Waals surface area contributed by atoms with Gasteiger partial charge < -0.3 is 5.73 Å². The van der Waals surface area contributed by atoms with Gasteiger partial charge in [-0.15, -0.1) is 0 Å². The van der Waals surface area contributed by atoms with Gasteiger partial charge in [-0.1, -0.05) is 34.5 Å². The van der Waals surface area contributed by atoms with E-state index in [0.717, 1.165) is 29.1 Å². The van der Waals surface area contributed by atoms with E-state index in [2.05, 4.69) is 33.8 Å². The maximum Gasteiger partial charge on any atom is 0.0410 e. The molecule has 1 saturated heterocycles. The second-order valence-corrected chi connectivity index (χ2v) is 6.22. The van der Waals surface area contributed by atoms with Gasteiger partial charge in [0.05, 0.1) is 0 Å². The van der Waals surface area contributed by atoms with E-state index >= 15 is 0 Å². The highest BCUT2D eigenvalue weighted by Gasteiger charge is 2.34. The Balaban J connectivity index is 2.33. The molecule has 2 atom stereocenters. The molecule has 1 aliphatic rings. The first kappa shape index (κ1) is 14.3. The number of rotatable bonds is 4. The fourth-order valence-corrected chi connectivity index (χ4v) is 3.57. The van der Waals surface area contributed by atoms with Gasteiger partial charge in [-0.05, 0) is 62.2 Å². The Hall–Kier alpha value is -0.0900. The molecule has 2 nitrogen and oxygen atoms in total. The smallest absolute Gasteiger partial charge is 0.0410 e. The maximum atomic E-state index is 6.14. The Morgan fingerprint density at radius 1 is 1.50 bits per heavy atom. The number of hydrogen-bond donors (Lipinski definition) is 1. The van der Waals surface area contributed by atoms with Crippen molar-refractivity contribution in [3.63, 3.8) is 0 Å². The molecule has 2 N–H and O–H groups in total. The number of nitrogens with zero attached hydrogens (tertiary/aromatic N) is 1. The zero-order chi connectivity index (χ0) is 13.1. The van der Waals surface area contributed by atoms with Crippen LogP contribution in [0, 0.1) is 5.92 Å². The van der Waals surface area contributed by atoms with Crippen LogP contribution in [0.15, 0.2) is 22.7 Å². The third-order valence-electron chi connectivity index (χ3n) is 3.72. The molecule has 0 bridgehead atoms. The quantitative estimate of drug-likeness (QED) is 0.908. The van der Waals surface area contributed by atoms with Crippen LogP contribution in [0.3, 0.4) is 0 Å². The Morgan fingerprint density at radius 3 is 2.94 bits per heavy atom. The van der Waals surface area contributed by atoms with Crippen molar-refractivity contribution in [3.05, 3.63) is 33.3 Å². The summed E-state index contributed by atoms with van der Waals surface area (Å²) in [6.45, 7) is 5.23. The topological polar surface area (TPSA) is 29.3 Å². The molecular formula is C14H20BrClN2. The first-order valence-corrected chi connectivity index (χ1v) is 7.73. The summed E-state index contributed by atoms with van der Waals surface area (Å²) < 4.78 is 1.14. The lowest BCUT2D eigenvalue weighted by Gasteiger charge is -2.29. The molecule has 100 valence electrons. The lowest BCUT2D eigenvalue weighted by Crippen LogP contribution is -2.29. The van der Waals surface area contributed by atoms with E-state index in [-0.39, 0.29) is 0 Å². The standard InChI is InChI=1S/C14H20BrClN2/c1-2-6-18-7-5-10(9-17)14(18)12-8-11(16)3-4-13(12)15/h3-4,8,10,14H,2,5-7,9,17H2,1H3. The molecule has 0 spiro atoms. The fraction of sp³-hybridized carbons (Fsp3) is 0.571. The summed E-state index contributed by atoms with van der Waals surface area (Å²) in [4.78, 5) is 2.54. The molecule has 1 heterocycles. The van der Waals surface area contributed by atoms with E-state index in [4.69, 9.17) is 17.3 Å². The number of benzene rings is 1. The minimum absolute atomic E-state index is 0.406. The van der Waals surface area contributed by atoms with Crippen molar-refractivity contribution >= 4 is 27.5 Å². The van der Waals surface area contributed by atoms with Crippen LogP contribution in [-0.4, -0.2) is 24.5 Å². The van der Waals surface area contributed by atoms with Crippen LogP contribution in [0.5, 0.6) is 0 Å². The third-order valence-corrected chi connectivity index (χ3v) is 4.67. The Bertz CT molecular complexity index is 411. The second kappa shape index (κ2) is 6.38. The third kappa shape index (κ3) is 2.90. The van der Waals surface area contributed by atoms with Crippen LogP contribution in [0.1, 0.15) is 31.4 Å². The van der Waals surface area contributed by atoms with Gasteiger partial charge in [0, 0.05) is 15.5 Å². The van der Waals surface area contributed by atoms with Gasteiger partial charge >= 0.3 is 0 Å². The Morgan fingerprint density at radius 2 is 2.28 bits per heavy atom. The molecule has 18 heavy (non-hydrogen) atoms.